The highest BCUT2D eigenvalue weighted by molar-refractivity contribution is 5.92. The quantitative estimate of drug-likeness (QED) is 0.360. The lowest BCUT2D eigenvalue weighted by Crippen LogP contribution is -2.55. The first-order valence-electron chi connectivity index (χ1n) is 12.7. The van der Waals surface area contributed by atoms with Gasteiger partial charge in [0.15, 0.2) is 0 Å². The number of aliphatic hydroxyl groups is 1. The maximum Gasteiger partial charge on any atom is 0.408 e. The largest absolute Gasteiger partial charge is 0.444 e. The molecule has 0 heterocycles. The number of benzene rings is 1. The van der Waals surface area contributed by atoms with Crippen molar-refractivity contribution in [2.75, 3.05) is 19.7 Å². The summed E-state index contributed by atoms with van der Waals surface area (Å²) in [4.78, 5) is 41.2. The number of hydrogen-bond donors (Lipinski definition) is 3. The maximum absolute atomic E-state index is 13.9. The van der Waals surface area contributed by atoms with Gasteiger partial charge in [0.1, 0.15) is 17.7 Å². The zero-order chi connectivity index (χ0) is 26.6. The lowest BCUT2D eigenvalue weighted by Gasteiger charge is -2.35. The van der Waals surface area contributed by atoms with E-state index in [9.17, 15) is 19.5 Å². The number of ether oxygens (including phenoxy) is 1. The molecule has 198 valence electrons. The van der Waals surface area contributed by atoms with Crippen molar-refractivity contribution in [1.82, 2.24) is 15.5 Å². The number of carbonyl (C=O) groups is 3. The van der Waals surface area contributed by atoms with Crippen molar-refractivity contribution < 1.29 is 24.2 Å². The van der Waals surface area contributed by atoms with Gasteiger partial charge >= 0.3 is 6.09 Å². The van der Waals surface area contributed by atoms with E-state index in [0.29, 0.717) is 18.5 Å². The van der Waals surface area contributed by atoms with Crippen LogP contribution in [0.2, 0.25) is 0 Å². The van der Waals surface area contributed by atoms with Gasteiger partial charge < -0.3 is 25.4 Å². The van der Waals surface area contributed by atoms with E-state index in [1.165, 1.54) is 4.90 Å². The highest BCUT2D eigenvalue weighted by Gasteiger charge is 2.37. The van der Waals surface area contributed by atoms with Crippen molar-refractivity contribution in [1.29, 1.82) is 0 Å². The first kappa shape index (κ1) is 30.4. The van der Waals surface area contributed by atoms with Gasteiger partial charge in [0.25, 0.3) is 0 Å². The Kier molecular flexibility index (Phi) is 12.8. The molecule has 3 unspecified atom stereocenters. The Balaban J connectivity index is 3.37. The van der Waals surface area contributed by atoms with Crippen molar-refractivity contribution in [3.63, 3.8) is 0 Å². The van der Waals surface area contributed by atoms with Crippen LogP contribution < -0.4 is 10.6 Å². The van der Waals surface area contributed by atoms with E-state index in [1.54, 1.807) is 26.8 Å². The summed E-state index contributed by atoms with van der Waals surface area (Å²) in [6, 6.07) is 5.58. The third kappa shape index (κ3) is 10.3. The number of nitrogens with zero attached hydrogens (tertiary/aromatic N) is 1. The van der Waals surface area contributed by atoms with Gasteiger partial charge in [-0.25, -0.2) is 4.79 Å². The molecular formula is C27H45N3O5. The molecule has 0 saturated carbocycles. The van der Waals surface area contributed by atoms with Crippen molar-refractivity contribution in [2.24, 2.45) is 5.92 Å². The molecule has 3 atom stereocenters. The zero-order valence-corrected chi connectivity index (χ0v) is 22.5. The summed E-state index contributed by atoms with van der Waals surface area (Å²) in [5.41, 5.74) is 0.883. The maximum atomic E-state index is 13.9. The molecule has 0 fully saturated rings. The van der Waals surface area contributed by atoms with Crippen LogP contribution >= 0.6 is 0 Å². The van der Waals surface area contributed by atoms with Crippen LogP contribution in [0.25, 0.3) is 0 Å². The summed E-state index contributed by atoms with van der Waals surface area (Å²) < 4.78 is 5.39. The van der Waals surface area contributed by atoms with Gasteiger partial charge in [0, 0.05) is 13.1 Å². The van der Waals surface area contributed by atoms with Crippen molar-refractivity contribution >= 4 is 17.9 Å². The minimum absolute atomic E-state index is 0.0528. The molecule has 0 saturated heterocycles. The molecule has 8 heteroatoms. The summed E-state index contributed by atoms with van der Waals surface area (Å²) in [6.45, 7) is 13.2. The fourth-order valence-electron chi connectivity index (χ4n) is 3.77. The SMILES string of the molecule is CCCCCNC(=O)C(c1cccc(C)c1)N(CCO)C(=O)C(NC(=O)OC(C)(C)C)C(C)CC. The van der Waals surface area contributed by atoms with Crippen molar-refractivity contribution in [2.45, 2.75) is 91.8 Å². The number of aryl methyl sites for hydroxylation is 1. The monoisotopic (exact) mass is 491 g/mol. The van der Waals surface area contributed by atoms with Crippen LogP contribution in [0, 0.1) is 12.8 Å². The van der Waals surface area contributed by atoms with Crippen LogP contribution in [-0.4, -0.2) is 59.3 Å². The van der Waals surface area contributed by atoms with Crippen molar-refractivity contribution in [3.8, 4) is 0 Å². The van der Waals surface area contributed by atoms with Gasteiger partial charge in [-0.3, -0.25) is 9.59 Å². The predicted molar refractivity (Wildman–Crippen MR) is 138 cm³/mol. The summed E-state index contributed by atoms with van der Waals surface area (Å²) >= 11 is 0. The molecule has 0 aromatic heterocycles. The third-order valence-corrected chi connectivity index (χ3v) is 5.77. The second-order valence-corrected chi connectivity index (χ2v) is 10.1. The van der Waals surface area contributed by atoms with Crippen molar-refractivity contribution in [3.05, 3.63) is 35.4 Å². The summed E-state index contributed by atoms with van der Waals surface area (Å²) in [6.07, 6.45) is 2.78. The number of alkyl carbamates (subject to hydrolysis) is 1. The fourth-order valence-corrected chi connectivity index (χ4v) is 3.77. The Morgan fingerprint density at radius 3 is 2.37 bits per heavy atom. The van der Waals surface area contributed by atoms with E-state index in [-0.39, 0.29) is 25.0 Å². The van der Waals surface area contributed by atoms with Crippen LogP contribution in [0.5, 0.6) is 0 Å². The molecule has 8 nitrogen and oxygen atoms in total. The molecule has 35 heavy (non-hydrogen) atoms. The summed E-state index contributed by atoms with van der Waals surface area (Å²) in [5, 5.41) is 15.5. The van der Waals surface area contributed by atoms with E-state index in [2.05, 4.69) is 17.6 Å². The Morgan fingerprint density at radius 1 is 1.14 bits per heavy atom. The summed E-state index contributed by atoms with van der Waals surface area (Å²) in [5.74, 6) is -0.967. The Bertz CT molecular complexity index is 821. The number of unbranched alkanes of at least 4 members (excludes halogenated alkanes) is 2. The van der Waals surface area contributed by atoms with Crippen LogP contribution in [0.15, 0.2) is 24.3 Å². The first-order valence-corrected chi connectivity index (χ1v) is 12.7. The second kappa shape index (κ2) is 14.7. The minimum atomic E-state index is -0.942. The lowest BCUT2D eigenvalue weighted by molar-refractivity contribution is -0.144. The summed E-state index contributed by atoms with van der Waals surface area (Å²) in [7, 11) is 0. The van der Waals surface area contributed by atoms with E-state index in [1.807, 2.05) is 39.0 Å². The Morgan fingerprint density at radius 2 is 1.83 bits per heavy atom. The van der Waals surface area contributed by atoms with Crippen LogP contribution in [0.1, 0.15) is 84.4 Å². The smallest absolute Gasteiger partial charge is 0.408 e. The molecule has 1 aromatic rings. The lowest BCUT2D eigenvalue weighted by atomic mass is 9.95. The second-order valence-electron chi connectivity index (χ2n) is 10.1. The van der Waals surface area contributed by atoms with Gasteiger partial charge in [-0.05, 0) is 45.6 Å². The first-order chi connectivity index (χ1) is 16.4. The number of aliphatic hydroxyl groups excluding tert-OH is 1. The molecule has 1 aromatic carbocycles. The standard InChI is InChI=1S/C27H45N3O5/c1-8-10-11-15-28-24(32)23(21-14-12-13-19(3)18-21)30(16-17-31)25(33)22(20(4)9-2)29-26(34)35-27(5,6)7/h12-14,18,20,22-23,31H,8-11,15-17H2,1-7H3,(H,28,32)(H,29,34). The number of amides is 3. The van der Waals surface area contributed by atoms with Gasteiger partial charge in [0.05, 0.1) is 6.61 Å². The molecule has 0 spiro atoms. The molecule has 0 bridgehead atoms. The van der Waals surface area contributed by atoms with Gasteiger partial charge in [0.2, 0.25) is 11.8 Å². The van der Waals surface area contributed by atoms with E-state index < -0.39 is 29.7 Å². The molecule has 0 aliphatic carbocycles. The number of rotatable bonds is 13. The van der Waals surface area contributed by atoms with Crippen LogP contribution in [0.4, 0.5) is 4.79 Å². The van der Waals surface area contributed by atoms with Gasteiger partial charge in [-0.1, -0.05) is 69.9 Å². The minimum Gasteiger partial charge on any atom is -0.444 e. The topological polar surface area (TPSA) is 108 Å². The van der Waals surface area contributed by atoms with Gasteiger partial charge in [-0.2, -0.15) is 0 Å². The normalized spacial score (nSPS) is 13.9. The van der Waals surface area contributed by atoms with Gasteiger partial charge in [-0.15, -0.1) is 0 Å². The van der Waals surface area contributed by atoms with Crippen LogP contribution in [-0.2, 0) is 14.3 Å². The highest BCUT2D eigenvalue weighted by Crippen LogP contribution is 2.25. The predicted octanol–water partition coefficient (Wildman–Crippen LogP) is 4.10. The fraction of sp³-hybridized carbons (Fsp3) is 0.667. The number of carbonyl (C=O) groups excluding carboxylic acids is 3. The number of nitrogens with one attached hydrogen (secondary N) is 2. The van der Waals surface area contributed by atoms with E-state index >= 15 is 0 Å². The molecule has 3 amide bonds. The van der Waals surface area contributed by atoms with E-state index in [0.717, 1.165) is 24.8 Å². The average Bonchev–Trinajstić information content (AvgIpc) is 2.78. The number of hydrogen-bond acceptors (Lipinski definition) is 5. The third-order valence-electron chi connectivity index (χ3n) is 5.77. The average molecular weight is 492 g/mol. The molecule has 1 rings (SSSR count). The Labute approximate surface area is 210 Å². The molecule has 0 radical (unpaired) electrons. The van der Waals surface area contributed by atoms with E-state index in [4.69, 9.17) is 4.74 Å². The molecule has 3 N–H and O–H groups in total. The Hall–Kier alpha value is -2.61. The van der Waals surface area contributed by atoms with Crippen LogP contribution in [0.3, 0.4) is 0 Å². The molecule has 0 aliphatic rings. The zero-order valence-electron chi connectivity index (χ0n) is 22.5. The highest BCUT2D eigenvalue weighted by atomic mass is 16.6. The molecule has 0 aliphatic heterocycles. The molecular weight excluding hydrogens is 446 g/mol.